The van der Waals surface area contributed by atoms with E-state index < -0.39 is 0 Å². The van der Waals surface area contributed by atoms with E-state index in [0.29, 0.717) is 6.04 Å². The Morgan fingerprint density at radius 3 is 2.50 bits per heavy atom. The number of thiophene rings is 1. The van der Waals surface area contributed by atoms with Crippen LogP contribution in [0, 0.1) is 5.92 Å². The van der Waals surface area contributed by atoms with Crippen molar-refractivity contribution >= 4 is 11.3 Å². The largest absolute Gasteiger partial charge is 0.326 e. The van der Waals surface area contributed by atoms with E-state index in [9.17, 15) is 0 Å². The summed E-state index contributed by atoms with van der Waals surface area (Å²) < 4.78 is 0. The van der Waals surface area contributed by atoms with Crippen molar-refractivity contribution in [2.75, 3.05) is 13.6 Å². The lowest BCUT2D eigenvalue weighted by Crippen LogP contribution is -2.37. The Kier molecular flexibility index (Phi) is 5.46. The van der Waals surface area contributed by atoms with E-state index in [0.717, 1.165) is 12.5 Å². The van der Waals surface area contributed by atoms with Crippen molar-refractivity contribution in [3.63, 3.8) is 0 Å². The highest BCUT2D eigenvalue weighted by Crippen LogP contribution is 2.24. The predicted octanol–water partition coefficient (Wildman–Crippen LogP) is 3.11. The molecule has 0 bridgehead atoms. The maximum atomic E-state index is 6.10. The minimum absolute atomic E-state index is 0.173. The lowest BCUT2D eigenvalue weighted by Gasteiger charge is -2.31. The quantitative estimate of drug-likeness (QED) is 0.828. The lowest BCUT2D eigenvalue weighted by atomic mass is 10.0. The highest BCUT2D eigenvalue weighted by molar-refractivity contribution is 7.07. The normalized spacial score (nSPS) is 15.7. The number of nitrogens with two attached hydrogens (primary N) is 1. The van der Waals surface area contributed by atoms with Gasteiger partial charge < -0.3 is 5.73 Å². The lowest BCUT2D eigenvalue weighted by molar-refractivity contribution is 0.208. The van der Waals surface area contributed by atoms with Gasteiger partial charge in [0.15, 0.2) is 0 Å². The molecule has 0 aliphatic heterocycles. The average Bonchev–Trinajstić information content (AvgIpc) is 2.67. The van der Waals surface area contributed by atoms with Gasteiger partial charge in [0.25, 0.3) is 0 Å². The predicted molar refractivity (Wildman–Crippen MR) is 72.8 cm³/mol. The van der Waals surface area contributed by atoms with Gasteiger partial charge in [-0.2, -0.15) is 11.3 Å². The smallest absolute Gasteiger partial charge is 0.0501 e. The summed E-state index contributed by atoms with van der Waals surface area (Å²) in [5.74, 6) is 0.749. The Labute approximate surface area is 103 Å². The first-order chi connectivity index (χ1) is 7.52. The molecule has 1 aromatic rings. The van der Waals surface area contributed by atoms with Gasteiger partial charge in [0.1, 0.15) is 0 Å². The van der Waals surface area contributed by atoms with Crippen molar-refractivity contribution in [2.45, 2.75) is 39.3 Å². The molecule has 1 heterocycles. The van der Waals surface area contributed by atoms with Crippen LogP contribution in [0.15, 0.2) is 16.8 Å². The van der Waals surface area contributed by atoms with Crippen molar-refractivity contribution in [1.29, 1.82) is 0 Å². The molecule has 0 saturated carbocycles. The topological polar surface area (TPSA) is 29.3 Å². The fourth-order valence-corrected chi connectivity index (χ4v) is 2.69. The molecular weight excluding hydrogens is 216 g/mol. The van der Waals surface area contributed by atoms with E-state index in [4.69, 9.17) is 5.73 Å². The van der Waals surface area contributed by atoms with Gasteiger partial charge in [0.05, 0.1) is 6.04 Å². The van der Waals surface area contributed by atoms with Crippen molar-refractivity contribution < 1.29 is 0 Å². The van der Waals surface area contributed by atoms with Gasteiger partial charge in [-0.15, -0.1) is 0 Å². The summed E-state index contributed by atoms with van der Waals surface area (Å²) in [4.78, 5) is 2.38. The summed E-state index contributed by atoms with van der Waals surface area (Å²) in [5, 5.41) is 4.33. The molecule has 0 aliphatic rings. The SMILES string of the molecule is CC(C)CCN(C)C(c1ccsc1)C(C)N. The molecule has 1 rings (SSSR count). The van der Waals surface area contributed by atoms with Crippen molar-refractivity contribution in [2.24, 2.45) is 11.7 Å². The Morgan fingerprint density at radius 1 is 1.38 bits per heavy atom. The fourth-order valence-electron chi connectivity index (χ4n) is 2.00. The van der Waals surface area contributed by atoms with Crippen LogP contribution in [0.4, 0.5) is 0 Å². The second-order valence-corrected chi connectivity index (χ2v) is 5.80. The fraction of sp³-hybridized carbons (Fsp3) is 0.692. The Bertz CT molecular complexity index is 280. The van der Waals surface area contributed by atoms with Crippen LogP contribution in [0.25, 0.3) is 0 Å². The van der Waals surface area contributed by atoms with E-state index in [1.54, 1.807) is 11.3 Å². The molecule has 92 valence electrons. The first kappa shape index (κ1) is 13.7. The van der Waals surface area contributed by atoms with Crippen LogP contribution in [-0.4, -0.2) is 24.5 Å². The summed E-state index contributed by atoms with van der Waals surface area (Å²) in [5.41, 5.74) is 7.45. The molecule has 0 radical (unpaired) electrons. The standard InChI is InChI=1S/C13H24N2S/c1-10(2)5-7-15(4)13(11(3)14)12-6-8-16-9-12/h6,8-11,13H,5,7,14H2,1-4H3. The first-order valence-electron chi connectivity index (χ1n) is 6.00. The molecule has 0 saturated heterocycles. The van der Waals surface area contributed by atoms with Gasteiger partial charge in [0, 0.05) is 6.04 Å². The summed E-state index contributed by atoms with van der Waals surface area (Å²) in [6.07, 6.45) is 1.23. The second-order valence-electron chi connectivity index (χ2n) is 5.02. The minimum atomic E-state index is 0.173. The summed E-state index contributed by atoms with van der Waals surface area (Å²) >= 11 is 1.74. The maximum Gasteiger partial charge on any atom is 0.0501 e. The van der Waals surface area contributed by atoms with Crippen molar-refractivity contribution in [3.8, 4) is 0 Å². The molecule has 0 aromatic carbocycles. The third-order valence-corrected chi connectivity index (χ3v) is 3.62. The van der Waals surface area contributed by atoms with Crippen LogP contribution < -0.4 is 5.73 Å². The molecular formula is C13H24N2S. The summed E-state index contributed by atoms with van der Waals surface area (Å²) in [6.45, 7) is 7.73. The van der Waals surface area contributed by atoms with Crippen LogP contribution in [-0.2, 0) is 0 Å². The monoisotopic (exact) mass is 240 g/mol. The van der Waals surface area contributed by atoms with Crippen LogP contribution in [0.5, 0.6) is 0 Å². The number of hydrogen-bond donors (Lipinski definition) is 1. The zero-order valence-corrected chi connectivity index (χ0v) is 11.6. The Hall–Kier alpha value is -0.380. The Morgan fingerprint density at radius 2 is 2.06 bits per heavy atom. The van der Waals surface area contributed by atoms with Crippen LogP contribution in [0.2, 0.25) is 0 Å². The molecule has 2 atom stereocenters. The van der Waals surface area contributed by atoms with E-state index in [1.807, 2.05) is 0 Å². The first-order valence-corrected chi connectivity index (χ1v) is 6.94. The van der Waals surface area contributed by atoms with Gasteiger partial charge in [0.2, 0.25) is 0 Å². The summed E-state index contributed by atoms with van der Waals surface area (Å²) in [6, 6.07) is 2.71. The average molecular weight is 240 g/mol. The van der Waals surface area contributed by atoms with E-state index in [1.165, 1.54) is 12.0 Å². The summed E-state index contributed by atoms with van der Waals surface area (Å²) in [7, 11) is 2.17. The van der Waals surface area contributed by atoms with Gasteiger partial charge in [-0.1, -0.05) is 13.8 Å². The molecule has 2 unspecified atom stereocenters. The van der Waals surface area contributed by atoms with Crippen molar-refractivity contribution in [1.82, 2.24) is 4.90 Å². The highest BCUT2D eigenvalue weighted by atomic mass is 32.1. The highest BCUT2D eigenvalue weighted by Gasteiger charge is 2.21. The van der Waals surface area contributed by atoms with E-state index in [2.05, 4.69) is 49.5 Å². The zero-order chi connectivity index (χ0) is 12.1. The molecule has 2 nitrogen and oxygen atoms in total. The van der Waals surface area contributed by atoms with Gasteiger partial charge >= 0.3 is 0 Å². The van der Waals surface area contributed by atoms with Gasteiger partial charge in [-0.25, -0.2) is 0 Å². The molecule has 0 aliphatic carbocycles. The van der Waals surface area contributed by atoms with Crippen molar-refractivity contribution in [3.05, 3.63) is 22.4 Å². The third kappa shape index (κ3) is 3.89. The second kappa shape index (κ2) is 6.38. The zero-order valence-electron chi connectivity index (χ0n) is 10.8. The molecule has 1 aromatic heterocycles. The number of hydrogen-bond acceptors (Lipinski definition) is 3. The van der Waals surface area contributed by atoms with Crippen LogP contribution in [0.3, 0.4) is 0 Å². The molecule has 2 N–H and O–H groups in total. The Balaban J connectivity index is 2.64. The van der Waals surface area contributed by atoms with Crippen LogP contribution in [0.1, 0.15) is 38.8 Å². The minimum Gasteiger partial charge on any atom is -0.326 e. The van der Waals surface area contributed by atoms with Gasteiger partial charge in [-0.05, 0) is 55.2 Å². The molecule has 0 fully saturated rings. The number of nitrogens with zero attached hydrogens (tertiary/aromatic N) is 1. The van der Waals surface area contributed by atoms with Crippen LogP contribution >= 0.6 is 11.3 Å². The third-order valence-electron chi connectivity index (χ3n) is 2.92. The number of likely N-dealkylation sites (N-methyl/N-ethyl adjacent to an activating group) is 1. The molecule has 16 heavy (non-hydrogen) atoms. The van der Waals surface area contributed by atoms with E-state index >= 15 is 0 Å². The van der Waals surface area contributed by atoms with E-state index in [-0.39, 0.29) is 6.04 Å². The number of rotatable bonds is 6. The molecule has 0 amide bonds. The van der Waals surface area contributed by atoms with Gasteiger partial charge in [-0.3, -0.25) is 4.90 Å². The maximum absolute atomic E-state index is 6.10. The molecule has 0 spiro atoms. The molecule has 3 heteroatoms.